The van der Waals surface area contributed by atoms with Crippen molar-refractivity contribution in [3.05, 3.63) is 17.5 Å². The van der Waals surface area contributed by atoms with Crippen LogP contribution in [0, 0.1) is 12.3 Å². The SMILES string of the molecule is CCn1ncc(CN2CCC3(CCCN(CCOC)C3)C2)c1C. The molecule has 0 amide bonds. The Bertz CT molecular complexity index is 515. The molecule has 0 aliphatic carbocycles. The molecule has 0 N–H and O–H groups in total. The highest BCUT2D eigenvalue weighted by Gasteiger charge is 2.41. The molecule has 2 saturated heterocycles. The van der Waals surface area contributed by atoms with Crippen molar-refractivity contribution < 1.29 is 4.74 Å². The molecule has 0 bridgehead atoms. The number of ether oxygens (including phenoxy) is 1. The van der Waals surface area contributed by atoms with E-state index in [9.17, 15) is 0 Å². The summed E-state index contributed by atoms with van der Waals surface area (Å²) in [7, 11) is 1.80. The summed E-state index contributed by atoms with van der Waals surface area (Å²) in [5.41, 5.74) is 3.25. The van der Waals surface area contributed by atoms with Gasteiger partial charge in [-0.15, -0.1) is 0 Å². The van der Waals surface area contributed by atoms with Crippen molar-refractivity contribution in [1.82, 2.24) is 19.6 Å². The van der Waals surface area contributed by atoms with Gasteiger partial charge in [0, 0.05) is 51.1 Å². The van der Waals surface area contributed by atoms with E-state index in [4.69, 9.17) is 4.74 Å². The van der Waals surface area contributed by atoms with Crippen LogP contribution < -0.4 is 0 Å². The predicted molar refractivity (Wildman–Crippen MR) is 92.5 cm³/mol. The predicted octanol–water partition coefficient (Wildman–Crippen LogP) is 2.15. The highest BCUT2D eigenvalue weighted by atomic mass is 16.5. The number of hydrogen-bond donors (Lipinski definition) is 0. The van der Waals surface area contributed by atoms with Gasteiger partial charge in [-0.1, -0.05) is 0 Å². The van der Waals surface area contributed by atoms with Gasteiger partial charge < -0.3 is 9.64 Å². The Balaban J connectivity index is 1.58. The molecule has 3 heterocycles. The topological polar surface area (TPSA) is 33.5 Å². The minimum Gasteiger partial charge on any atom is -0.383 e. The van der Waals surface area contributed by atoms with Crippen LogP contribution in [0.2, 0.25) is 0 Å². The zero-order valence-corrected chi connectivity index (χ0v) is 15.1. The molecule has 0 radical (unpaired) electrons. The third kappa shape index (κ3) is 3.78. The van der Waals surface area contributed by atoms with Crippen LogP contribution in [0.1, 0.15) is 37.4 Å². The lowest BCUT2D eigenvalue weighted by Crippen LogP contribution is -2.45. The van der Waals surface area contributed by atoms with Crippen molar-refractivity contribution in [3.8, 4) is 0 Å². The van der Waals surface area contributed by atoms with Gasteiger partial charge >= 0.3 is 0 Å². The molecule has 1 atom stereocenters. The Morgan fingerprint density at radius 2 is 2.04 bits per heavy atom. The summed E-state index contributed by atoms with van der Waals surface area (Å²) in [5, 5.41) is 4.49. The van der Waals surface area contributed by atoms with Gasteiger partial charge in [-0.05, 0) is 51.6 Å². The van der Waals surface area contributed by atoms with E-state index >= 15 is 0 Å². The molecule has 3 rings (SSSR count). The van der Waals surface area contributed by atoms with E-state index in [0.29, 0.717) is 5.41 Å². The van der Waals surface area contributed by atoms with Crippen LogP contribution in [0.15, 0.2) is 6.20 Å². The molecule has 130 valence electrons. The molecule has 2 aliphatic rings. The average Bonchev–Trinajstić information content (AvgIpc) is 3.10. The molecule has 1 unspecified atom stereocenters. The second kappa shape index (κ2) is 7.32. The Hall–Kier alpha value is -0.910. The molecular weight excluding hydrogens is 288 g/mol. The number of likely N-dealkylation sites (tertiary alicyclic amines) is 2. The van der Waals surface area contributed by atoms with Crippen molar-refractivity contribution in [2.24, 2.45) is 5.41 Å². The van der Waals surface area contributed by atoms with E-state index < -0.39 is 0 Å². The van der Waals surface area contributed by atoms with Crippen LogP contribution in [0.5, 0.6) is 0 Å². The fraction of sp³-hybridized carbons (Fsp3) is 0.833. The molecule has 1 aromatic rings. The van der Waals surface area contributed by atoms with E-state index in [-0.39, 0.29) is 0 Å². The van der Waals surface area contributed by atoms with Crippen LogP contribution >= 0.6 is 0 Å². The lowest BCUT2D eigenvalue weighted by atomic mass is 9.79. The van der Waals surface area contributed by atoms with Crippen LogP contribution in [0.4, 0.5) is 0 Å². The third-order valence-corrected chi connectivity index (χ3v) is 5.77. The van der Waals surface area contributed by atoms with Crippen molar-refractivity contribution >= 4 is 0 Å². The van der Waals surface area contributed by atoms with Crippen molar-refractivity contribution in [1.29, 1.82) is 0 Å². The Morgan fingerprint density at radius 1 is 1.22 bits per heavy atom. The van der Waals surface area contributed by atoms with Gasteiger partial charge in [-0.3, -0.25) is 9.58 Å². The van der Waals surface area contributed by atoms with Crippen molar-refractivity contribution in [3.63, 3.8) is 0 Å². The highest BCUT2D eigenvalue weighted by Crippen LogP contribution is 2.39. The molecule has 2 fully saturated rings. The number of aryl methyl sites for hydroxylation is 1. The Kier molecular flexibility index (Phi) is 5.39. The zero-order chi connectivity index (χ0) is 16.3. The minimum atomic E-state index is 0.515. The van der Waals surface area contributed by atoms with Crippen molar-refractivity contribution in [2.75, 3.05) is 46.4 Å². The van der Waals surface area contributed by atoms with Crippen LogP contribution in [-0.2, 0) is 17.8 Å². The molecule has 0 aromatic carbocycles. The zero-order valence-electron chi connectivity index (χ0n) is 15.1. The minimum absolute atomic E-state index is 0.515. The van der Waals surface area contributed by atoms with Crippen molar-refractivity contribution in [2.45, 2.75) is 46.2 Å². The number of rotatable bonds is 6. The van der Waals surface area contributed by atoms with Gasteiger partial charge in [-0.25, -0.2) is 0 Å². The summed E-state index contributed by atoms with van der Waals surface area (Å²) in [5.74, 6) is 0. The number of aromatic nitrogens is 2. The average molecular weight is 320 g/mol. The highest BCUT2D eigenvalue weighted by molar-refractivity contribution is 5.16. The molecule has 0 saturated carbocycles. The van der Waals surface area contributed by atoms with Crippen LogP contribution in [-0.4, -0.2) is 66.0 Å². The molecule has 1 aromatic heterocycles. The van der Waals surface area contributed by atoms with E-state index in [0.717, 1.165) is 26.2 Å². The first-order valence-electron chi connectivity index (χ1n) is 9.11. The summed E-state index contributed by atoms with van der Waals surface area (Å²) in [6.45, 7) is 13.3. The fourth-order valence-corrected chi connectivity index (χ4v) is 4.42. The van der Waals surface area contributed by atoms with E-state index in [1.54, 1.807) is 7.11 Å². The maximum absolute atomic E-state index is 5.26. The normalized spacial score (nSPS) is 26.4. The van der Waals surface area contributed by atoms with Gasteiger partial charge in [0.2, 0.25) is 0 Å². The Labute approximate surface area is 140 Å². The lowest BCUT2D eigenvalue weighted by molar-refractivity contribution is 0.0673. The van der Waals surface area contributed by atoms with E-state index in [1.165, 1.54) is 56.7 Å². The second-order valence-corrected chi connectivity index (χ2v) is 7.40. The van der Waals surface area contributed by atoms with Crippen LogP contribution in [0.3, 0.4) is 0 Å². The quantitative estimate of drug-likeness (QED) is 0.804. The summed E-state index contributed by atoms with van der Waals surface area (Å²) in [6.07, 6.45) is 6.14. The first kappa shape index (κ1) is 16.9. The largest absolute Gasteiger partial charge is 0.383 e. The van der Waals surface area contributed by atoms with Gasteiger partial charge in [0.15, 0.2) is 0 Å². The second-order valence-electron chi connectivity index (χ2n) is 7.40. The first-order valence-corrected chi connectivity index (χ1v) is 9.11. The number of methoxy groups -OCH3 is 1. The molecule has 5 heteroatoms. The number of hydrogen-bond acceptors (Lipinski definition) is 4. The first-order chi connectivity index (χ1) is 11.2. The van der Waals surface area contributed by atoms with E-state index in [2.05, 4.69) is 39.6 Å². The fourth-order valence-electron chi connectivity index (χ4n) is 4.42. The number of nitrogens with zero attached hydrogens (tertiary/aromatic N) is 4. The molecule has 23 heavy (non-hydrogen) atoms. The maximum atomic E-state index is 5.26. The van der Waals surface area contributed by atoms with Crippen LogP contribution in [0.25, 0.3) is 0 Å². The standard InChI is InChI=1S/C18H32N4O/c1-4-22-16(2)17(12-19-22)13-21-9-7-18(15-21)6-5-8-20(14-18)10-11-23-3/h12H,4-11,13-15H2,1-3H3. The van der Waals surface area contributed by atoms with Gasteiger partial charge in [0.25, 0.3) is 0 Å². The maximum Gasteiger partial charge on any atom is 0.0589 e. The number of piperidine rings is 1. The van der Waals surface area contributed by atoms with Gasteiger partial charge in [0.1, 0.15) is 0 Å². The van der Waals surface area contributed by atoms with Gasteiger partial charge in [0.05, 0.1) is 12.8 Å². The summed E-state index contributed by atoms with van der Waals surface area (Å²) >= 11 is 0. The molecule has 5 nitrogen and oxygen atoms in total. The molecule has 1 spiro atoms. The molecular formula is C18H32N4O. The van der Waals surface area contributed by atoms with E-state index in [1.807, 2.05) is 0 Å². The summed E-state index contributed by atoms with van der Waals surface area (Å²) < 4.78 is 7.37. The lowest BCUT2D eigenvalue weighted by Gasteiger charge is -2.40. The summed E-state index contributed by atoms with van der Waals surface area (Å²) in [4.78, 5) is 5.25. The third-order valence-electron chi connectivity index (χ3n) is 5.77. The monoisotopic (exact) mass is 320 g/mol. The smallest absolute Gasteiger partial charge is 0.0589 e. The Morgan fingerprint density at radius 3 is 2.78 bits per heavy atom. The van der Waals surface area contributed by atoms with Gasteiger partial charge in [-0.2, -0.15) is 5.10 Å². The summed E-state index contributed by atoms with van der Waals surface area (Å²) in [6, 6.07) is 0. The molecule has 2 aliphatic heterocycles.